The van der Waals surface area contributed by atoms with E-state index in [-0.39, 0.29) is 41.8 Å². The number of carboxylic acids is 1. The molecular weight excluding hydrogens is 559 g/mol. The number of nitrogens with zero attached hydrogens (tertiary/aromatic N) is 2. The lowest BCUT2D eigenvalue weighted by Crippen LogP contribution is -2.49. The molecule has 1 saturated carbocycles. The van der Waals surface area contributed by atoms with Crippen LogP contribution in [-0.4, -0.2) is 52.3 Å². The van der Waals surface area contributed by atoms with Gasteiger partial charge in [-0.3, -0.25) is 19.4 Å². The highest BCUT2D eigenvalue weighted by molar-refractivity contribution is 6.46. The number of aliphatic carboxylic acids is 1. The zero-order chi connectivity index (χ0) is 31.4. The molecule has 1 atom stereocenters. The van der Waals surface area contributed by atoms with Crippen LogP contribution >= 0.6 is 0 Å². The minimum Gasteiger partial charge on any atom is -0.481 e. The van der Waals surface area contributed by atoms with E-state index in [0.29, 0.717) is 30.5 Å². The van der Waals surface area contributed by atoms with Gasteiger partial charge in [0, 0.05) is 30.1 Å². The van der Waals surface area contributed by atoms with Gasteiger partial charge in [-0.15, -0.1) is 0 Å². The Morgan fingerprint density at radius 2 is 1.63 bits per heavy atom. The second-order valence-electron chi connectivity index (χ2n) is 12.8. The topological polar surface area (TPSA) is 99.1 Å². The maximum Gasteiger partial charge on any atom is 0.416 e. The number of nitrogens with one attached hydrogen (secondary N) is 1. The van der Waals surface area contributed by atoms with Crippen LogP contribution < -0.4 is 5.32 Å². The maximum atomic E-state index is 14.0. The Balaban J connectivity index is 1.61. The summed E-state index contributed by atoms with van der Waals surface area (Å²) in [6.45, 7) is 6.90. The largest absolute Gasteiger partial charge is 0.481 e. The standard InChI is InChI=1S/C33H40F3N3O4/c1-31(2,3)19-15-25(22-7-9-24(10-8-22)29(42)37-20-16-27(40)41)21-39-30(43)28(38-32(39)17-5-4-6-18-32)23-11-13-26(14-12-23)33(34,35)36/h7-14,25H,4-6,15-21H2,1-3H3,(H,37,42)(H,40,41). The summed E-state index contributed by atoms with van der Waals surface area (Å²) < 4.78 is 39.6. The van der Waals surface area contributed by atoms with Crippen LogP contribution in [0.25, 0.3) is 0 Å². The van der Waals surface area contributed by atoms with Crippen LogP contribution in [0.5, 0.6) is 0 Å². The minimum atomic E-state index is -4.47. The van der Waals surface area contributed by atoms with Crippen molar-refractivity contribution < 1.29 is 32.7 Å². The van der Waals surface area contributed by atoms with Crippen molar-refractivity contribution in [1.29, 1.82) is 0 Å². The first kappa shape index (κ1) is 32.2. The molecule has 1 fully saturated rings. The zero-order valence-electron chi connectivity index (χ0n) is 25.0. The minimum absolute atomic E-state index is 0.0323. The van der Waals surface area contributed by atoms with Crippen molar-refractivity contribution in [3.63, 3.8) is 0 Å². The quantitative estimate of drug-likeness (QED) is 0.313. The number of aliphatic imine (C=N–C) groups is 1. The Morgan fingerprint density at radius 1 is 1.00 bits per heavy atom. The number of hydrogen-bond donors (Lipinski definition) is 2. The van der Waals surface area contributed by atoms with E-state index in [1.165, 1.54) is 12.1 Å². The van der Waals surface area contributed by atoms with Gasteiger partial charge in [-0.2, -0.15) is 13.2 Å². The van der Waals surface area contributed by atoms with Crippen molar-refractivity contribution in [2.75, 3.05) is 13.1 Å². The predicted octanol–water partition coefficient (Wildman–Crippen LogP) is 6.81. The molecule has 0 saturated heterocycles. The second-order valence-corrected chi connectivity index (χ2v) is 12.8. The third kappa shape index (κ3) is 8.03. The Morgan fingerprint density at radius 3 is 2.19 bits per heavy atom. The van der Waals surface area contributed by atoms with Crippen molar-refractivity contribution >= 4 is 23.5 Å². The van der Waals surface area contributed by atoms with Crippen molar-refractivity contribution in [2.45, 2.75) is 89.9 Å². The van der Waals surface area contributed by atoms with E-state index in [0.717, 1.165) is 49.8 Å². The zero-order valence-corrected chi connectivity index (χ0v) is 25.0. The number of carboxylic acid groups (broad SMARTS) is 1. The Bertz CT molecular complexity index is 1340. The third-order valence-corrected chi connectivity index (χ3v) is 8.32. The fourth-order valence-corrected chi connectivity index (χ4v) is 5.87. The highest BCUT2D eigenvalue weighted by Gasteiger charge is 2.48. The molecule has 1 aliphatic carbocycles. The summed E-state index contributed by atoms with van der Waals surface area (Å²) in [5, 5.41) is 11.4. The second kappa shape index (κ2) is 12.9. The molecule has 10 heteroatoms. The van der Waals surface area contributed by atoms with Crippen LogP contribution in [0, 0.1) is 5.41 Å². The van der Waals surface area contributed by atoms with Gasteiger partial charge in [0.15, 0.2) is 0 Å². The molecule has 2 aromatic carbocycles. The molecule has 2 N–H and O–H groups in total. The fraction of sp³-hybridized carbons (Fsp3) is 0.515. The van der Waals surface area contributed by atoms with Crippen molar-refractivity contribution in [3.8, 4) is 0 Å². The van der Waals surface area contributed by atoms with Gasteiger partial charge in [0.1, 0.15) is 11.4 Å². The Kier molecular flexibility index (Phi) is 9.66. The molecule has 43 heavy (non-hydrogen) atoms. The lowest BCUT2D eigenvalue weighted by molar-refractivity contribution is -0.138. The van der Waals surface area contributed by atoms with E-state index in [4.69, 9.17) is 10.1 Å². The average Bonchev–Trinajstić information content (AvgIpc) is 3.20. The molecular formula is C33H40F3N3O4. The van der Waals surface area contributed by atoms with Gasteiger partial charge in [-0.05, 0) is 73.8 Å². The first-order valence-corrected chi connectivity index (χ1v) is 14.9. The summed E-state index contributed by atoms with van der Waals surface area (Å²) >= 11 is 0. The number of amides is 2. The Hall–Kier alpha value is -3.69. The molecule has 2 amide bonds. The molecule has 1 spiro atoms. The molecule has 1 heterocycles. The lowest BCUT2D eigenvalue weighted by Gasteiger charge is -2.41. The summed E-state index contributed by atoms with van der Waals surface area (Å²) in [5.74, 6) is -1.68. The third-order valence-electron chi connectivity index (χ3n) is 8.32. The summed E-state index contributed by atoms with van der Waals surface area (Å²) in [6, 6.07) is 11.8. The summed E-state index contributed by atoms with van der Waals surface area (Å²) in [5.41, 5.74) is 0.519. The van der Waals surface area contributed by atoms with Crippen LogP contribution in [-0.2, 0) is 15.8 Å². The van der Waals surface area contributed by atoms with Crippen LogP contribution in [0.4, 0.5) is 13.2 Å². The van der Waals surface area contributed by atoms with Gasteiger partial charge in [-0.1, -0.05) is 51.5 Å². The van der Waals surface area contributed by atoms with Gasteiger partial charge in [0.2, 0.25) is 0 Å². The molecule has 1 unspecified atom stereocenters. The number of hydrogen-bond acceptors (Lipinski definition) is 4. The fourth-order valence-electron chi connectivity index (χ4n) is 5.87. The number of rotatable bonds is 10. The molecule has 0 aromatic heterocycles. The van der Waals surface area contributed by atoms with Crippen molar-refractivity contribution in [3.05, 3.63) is 70.8 Å². The van der Waals surface area contributed by atoms with Crippen molar-refractivity contribution in [1.82, 2.24) is 10.2 Å². The summed E-state index contributed by atoms with van der Waals surface area (Å²) in [7, 11) is 0. The smallest absolute Gasteiger partial charge is 0.416 e. The normalized spacial score (nSPS) is 17.6. The van der Waals surface area contributed by atoms with E-state index in [2.05, 4.69) is 26.1 Å². The van der Waals surface area contributed by atoms with Crippen molar-refractivity contribution in [2.24, 2.45) is 10.4 Å². The van der Waals surface area contributed by atoms with Crippen LogP contribution in [0.2, 0.25) is 0 Å². The summed E-state index contributed by atoms with van der Waals surface area (Å²) in [4.78, 5) is 44.1. The lowest BCUT2D eigenvalue weighted by atomic mass is 9.82. The number of benzene rings is 2. The summed E-state index contributed by atoms with van der Waals surface area (Å²) in [6.07, 6.45) is 1.29. The van der Waals surface area contributed by atoms with Gasteiger partial charge in [0.05, 0.1) is 12.0 Å². The van der Waals surface area contributed by atoms with E-state index >= 15 is 0 Å². The molecule has 4 rings (SSSR count). The number of carbonyl (C=O) groups is 3. The predicted molar refractivity (Wildman–Crippen MR) is 158 cm³/mol. The number of alkyl halides is 3. The molecule has 2 aliphatic rings. The number of carbonyl (C=O) groups excluding carboxylic acids is 2. The van der Waals surface area contributed by atoms with Gasteiger partial charge < -0.3 is 15.3 Å². The van der Waals surface area contributed by atoms with E-state index in [1.54, 1.807) is 12.1 Å². The number of halogens is 3. The van der Waals surface area contributed by atoms with E-state index < -0.39 is 23.4 Å². The van der Waals surface area contributed by atoms with E-state index in [9.17, 15) is 27.6 Å². The van der Waals surface area contributed by atoms with Gasteiger partial charge in [0.25, 0.3) is 11.8 Å². The van der Waals surface area contributed by atoms with Crippen LogP contribution in [0.1, 0.15) is 105 Å². The SMILES string of the molecule is CC(C)(C)CCC(CN1C(=O)C(c2ccc(C(F)(F)F)cc2)=NC12CCCCC2)c1ccc(C(=O)NCCC(=O)O)cc1. The average molecular weight is 600 g/mol. The van der Waals surface area contributed by atoms with Gasteiger partial charge >= 0.3 is 12.1 Å². The Labute approximate surface area is 250 Å². The molecule has 2 aromatic rings. The van der Waals surface area contributed by atoms with Crippen LogP contribution in [0.3, 0.4) is 0 Å². The first-order chi connectivity index (χ1) is 20.2. The molecule has 1 aliphatic heterocycles. The van der Waals surface area contributed by atoms with E-state index in [1.807, 2.05) is 17.0 Å². The highest BCUT2D eigenvalue weighted by atomic mass is 19.4. The van der Waals surface area contributed by atoms with Crippen LogP contribution in [0.15, 0.2) is 53.5 Å². The molecule has 232 valence electrons. The van der Waals surface area contributed by atoms with Gasteiger partial charge in [-0.25, -0.2) is 0 Å². The molecule has 7 nitrogen and oxygen atoms in total. The maximum absolute atomic E-state index is 14.0. The highest BCUT2D eigenvalue weighted by Crippen LogP contribution is 2.42. The first-order valence-electron chi connectivity index (χ1n) is 14.9. The molecule has 0 radical (unpaired) electrons. The molecule has 0 bridgehead atoms. The monoisotopic (exact) mass is 599 g/mol.